The van der Waals surface area contributed by atoms with Gasteiger partial charge in [0.1, 0.15) is 6.54 Å². The standard InChI is InChI=1S/C28H33N3O3S2/c1-22-5-11-25(12-6-22)31(36(33,34)27-15-13-26(35-2)14-16-27)21-28(32)29-19-23-7-9-24(10-8-23)20-30-17-3-4-18-30/h5-16H,3-4,17-21H2,1-2H3,(H,29,32). The minimum atomic E-state index is -3.93. The maximum absolute atomic E-state index is 13.5. The minimum absolute atomic E-state index is 0.155. The topological polar surface area (TPSA) is 69.7 Å². The van der Waals surface area contributed by atoms with Gasteiger partial charge in [-0.2, -0.15) is 0 Å². The van der Waals surface area contributed by atoms with Crippen molar-refractivity contribution in [2.75, 3.05) is 30.2 Å². The number of benzene rings is 3. The highest BCUT2D eigenvalue weighted by Crippen LogP contribution is 2.26. The maximum Gasteiger partial charge on any atom is 0.264 e. The van der Waals surface area contributed by atoms with E-state index in [1.165, 1.54) is 22.7 Å². The molecule has 0 bridgehead atoms. The SMILES string of the molecule is CSc1ccc(S(=O)(=O)N(CC(=O)NCc2ccc(CN3CCCC3)cc2)c2ccc(C)cc2)cc1. The molecule has 0 spiro atoms. The van der Waals surface area contributed by atoms with Gasteiger partial charge in [-0.05, 0) is 86.6 Å². The average Bonchev–Trinajstić information content (AvgIpc) is 3.40. The second kappa shape index (κ2) is 12.0. The summed E-state index contributed by atoms with van der Waals surface area (Å²) in [5.41, 5.74) is 3.70. The van der Waals surface area contributed by atoms with Crippen molar-refractivity contribution in [2.45, 2.75) is 42.6 Å². The van der Waals surface area contributed by atoms with Crippen LogP contribution in [0.3, 0.4) is 0 Å². The fourth-order valence-electron chi connectivity index (χ4n) is 4.25. The summed E-state index contributed by atoms with van der Waals surface area (Å²) in [6.07, 6.45) is 4.47. The van der Waals surface area contributed by atoms with Gasteiger partial charge < -0.3 is 5.32 Å². The van der Waals surface area contributed by atoms with Crippen molar-refractivity contribution >= 4 is 33.4 Å². The summed E-state index contributed by atoms with van der Waals surface area (Å²) < 4.78 is 28.3. The fourth-order valence-corrected chi connectivity index (χ4v) is 6.08. The third-order valence-corrected chi connectivity index (χ3v) is 8.91. The van der Waals surface area contributed by atoms with Gasteiger partial charge in [0.05, 0.1) is 10.6 Å². The second-order valence-corrected chi connectivity index (χ2v) is 11.8. The van der Waals surface area contributed by atoms with Crippen LogP contribution in [0.15, 0.2) is 82.6 Å². The van der Waals surface area contributed by atoms with Gasteiger partial charge in [-0.1, -0.05) is 42.0 Å². The van der Waals surface area contributed by atoms with Crippen LogP contribution < -0.4 is 9.62 Å². The summed E-state index contributed by atoms with van der Waals surface area (Å²) in [4.78, 5) is 16.5. The van der Waals surface area contributed by atoms with Crippen molar-refractivity contribution in [3.63, 3.8) is 0 Å². The van der Waals surface area contributed by atoms with E-state index >= 15 is 0 Å². The number of hydrogen-bond acceptors (Lipinski definition) is 5. The Morgan fingerprint density at radius 1 is 0.917 bits per heavy atom. The van der Waals surface area contributed by atoms with E-state index in [-0.39, 0.29) is 17.3 Å². The lowest BCUT2D eigenvalue weighted by molar-refractivity contribution is -0.119. The summed E-state index contributed by atoms with van der Waals surface area (Å²) in [6.45, 7) is 5.23. The van der Waals surface area contributed by atoms with E-state index in [2.05, 4.69) is 22.3 Å². The van der Waals surface area contributed by atoms with E-state index in [4.69, 9.17) is 0 Å². The minimum Gasteiger partial charge on any atom is -0.350 e. The molecule has 3 aromatic carbocycles. The molecular weight excluding hydrogens is 490 g/mol. The Morgan fingerprint density at radius 3 is 2.14 bits per heavy atom. The van der Waals surface area contributed by atoms with E-state index < -0.39 is 10.0 Å². The van der Waals surface area contributed by atoms with Gasteiger partial charge in [0.15, 0.2) is 0 Å². The van der Waals surface area contributed by atoms with Crippen molar-refractivity contribution in [3.05, 3.63) is 89.5 Å². The van der Waals surface area contributed by atoms with Gasteiger partial charge in [0.2, 0.25) is 5.91 Å². The molecule has 0 aliphatic carbocycles. The quantitative estimate of drug-likeness (QED) is 0.386. The number of carbonyl (C=O) groups is 1. The smallest absolute Gasteiger partial charge is 0.264 e. The molecule has 1 aliphatic heterocycles. The Hall–Kier alpha value is -2.81. The third kappa shape index (κ3) is 6.69. The summed E-state index contributed by atoms with van der Waals surface area (Å²) in [7, 11) is -3.93. The number of likely N-dealkylation sites (tertiary alicyclic amines) is 1. The van der Waals surface area contributed by atoms with Gasteiger partial charge in [0, 0.05) is 18.0 Å². The molecule has 1 heterocycles. The first kappa shape index (κ1) is 26.3. The number of nitrogens with one attached hydrogen (secondary N) is 1. The highest BCUT2D eigenvalue weighted by Gasteiger charge is 2.27. The number of sulfonamides is 1. The number of nitrogens with zero attached hydrogens (tertiary/aromatic N) is 2. The van der Waals surface area contributed by atoms with Gasteiger partial charge in [-0.3, -0.25) is 14.0 Å². The van der Waals surface area contributed by atoms with Crippen molar-refractivity contribution in [3.8, 4) is 0 Å². The number of anilines is 1. The summed E-state index contributed by atoms with van der Waals surface area (Å²) in [6, 6.07) is 22.1. The van der Waals surface area contributed by atoms with E-state index in [0.29, 0.717) is 12.2 Å². The maximum atomic E-state index is 13.5. The van der Waals surface area contributed by atoms with Crippen LogP contribution in [-0.2, 0) is 27.9 Å². The zero-order valence-electron chi connectivity index (χ0n) is 20.8. The molecule has 1 N–H and O–H groups in total. The third-order valence-electron chi connectivity index (χ3n) is 6.37. The molecule has 1 aliphatic rings. The zero-order chi connectivity index (χ0) is 25.5. The second-order valence-electron chi connectivity index (χ2n) is 9.10. The molecule has 4 rings (SSSR count). The Bertz CT molecular complexity index is 1250. The molecule has 8 heteroatoms. The molecule has 1 amide bonds. The molecular formula is C28H33N3O3S2. The van der Waals surface area contributed by atoms with Crippen molar-refractivity contribution in [2.24, 2.45) is 0 Å². The molecule has 0 radical (unpaired) electrons. The number of amides is 1. The van der Waals surface area contributed by atoms with E-state index in [0.717, 1.165) is 35.7 Å². The predicted molar refractivity (Wildman–Crippen MR) is 147 cm³/mol. The van der Waals surface area contributed by atoms with Crippen LogP contribution in [0.5, 0.6) is 0 Å². The zero-order valence-corrected chi connectivity index (χ0v) is 22.4. The largest absolute Gasteiger partial charge is 0.350 e. The first-order valence-corrected chi connectivity index (χ1v) is 14.8. The van der Waals surface area contributed by atoms with E-state index in [1.807, 2.05) is 37.4 Å². The summed E-state index contributed by atoms with van der Waals surface area (Å²) in [5, 5.41) is 2.89. The van der Waals surface area contributed by atoms with Gasteiger partial charge in [0.25, 0.3) is 10.0 Å². The van der Waals surface area contributed by atoms with E-state index in [9.17, 15) is 13.2 Å². The van der Waals surface area contributed by atoms with Crippen LogP contribution >= 0.6 is 11.8 Å². The van der Waals surface area contributed by atoms with Gasteiger partial charge in [-0.15, -0.1) is 11.8 Å². The Morgan fingerprint density at radius 2 is 1.53 bits per heavy atom. The summed E-state index contributed by atoms with van der Waals surface area (Å²) in [5.74, 6) is -0.360. The highest BCUT2D eigenvalue weighted by molar-refractivity contribution is 7.98. The molecule has 6 nitrogen and oxygen atoms in total. The number of rotatable bonds is 10. The van der Waals surface area contributed by atoms with Crippen molar-refractivity contribution in [1.29, 1.82) is 0 Å². The molecule has 1 fully saturated rings. The molecule has 0 saturated carbocycles. The number of hydrogen-bond donors (Lipinski definition) is 1. The van der Waals surface area contributed by atoms with Gasteiger partial charge >= 0.3 is 0 Å². The van der Waals surface area contributed by atoms with Crippen LogP contribution in [0.4, 0.5) is 5.69 Å². The average molecular weight is 524 g/mol. The van der Waals surface area contributed by atoms with Crippen LogP contribution in [-0.4, -0.2) is 45.1 Å². The van der Waals surface area contributed by atoms with Crippen LogP contribution in [0.2, 0.25) is 0 Å². The molecule has 1 saturated heterocycles. The molecule has 36 heavy (non-hydrogen) atoms. The molecule has 0 aromatic heterocycles. The number of aryl methyl sites for hydroxylation is 1. The van der Waals surface area contributed by atoms with Crippen molar-refractivity contribution in [1.82, 2.24) is 10.2 Å². The first-order chi connectivity index (χ1) is 17.3. The Balaban J connectivity index is 1.44. The lowest BCUT2D eigenvalue weighted by atomic mass is 10.1. The van der Waals surface area contributed by atoms with E-state index in [1.54, 1.807) is 48.2 Å². The van der Waals surface area contributed by atoms with Crippen LogP contribution in [0, 0.1) is 6.92 Å². The molecule has 190 valence electrons. The fraction of sp³-hybridized carbons (Fsp3) is 0.321. The summed E-state index contributed by atoms with van der Waals surface area (Å²) >= 11 is 1.54. The monoisotopic (exact) mass is 523 g/mol. The van der Waals surface area contributed by atoms with Crippen LogP contribution in [0.1, 0.15) is 29.5 Å². The van der Waals surface area contributed by atoms with Crippen molar-refractivity contribution < 1.29 is 13.2 Å². The molecule has 0 unspecified atom stereocenters. The molecule has 3 aromatic rings. The number of carbonyl (C=O) groups excluding carboxylic acids is 1. The van der Waals surface area contributed by atoms with Crippen LogP contribution in [0.25, 0.3) is 0 Å². The Kier molecular flexibility index (Phi) is 8.72. The molecule has 0 atom stereocenters. The Labute approximate surface area is 218 Å². The van der Waals surface area contributed by atoms with Gasteiger partial charge in [-0.25, -0.2) is 8.42 Å². The number of thioether (sulfide) groups is 1. The normalized spacial score (nSPS) is 14.1. The lowest BCUT2D eigenvalue weighted by Crippen LogP contribution is -2.40. The predicted octanol–water partition coefficient (Wildman–Crippen LogP) is 4.82. The lowest BCUT2D eigenvalue weighted by Gasteiger charge is -2.24. The first-order valence-electron chi connectivity index (χ1n) is 12.2. The highest BCUT2D eigenvalue weighted by atomic mass is 32.2.